The van der Waals surface area contributed by atoms with Crippen molar-refractivity contribution < 1.29 is 4.74 Å². The molecule has 2 aromatic rings. The van der Waals surface area contributed by atoms with E-state index in [4.69, 9.17) is 4.74 Å². The Morgan fingerprint density at radius 1 is 1.31 bits per heavy atom. The number of ether oxygens (including phenoxy) is 1. The summed E-state index contributed by atoms with van der Waals surface area (Å²) in [4.78, 5) is 5.76. The minimum Gasteiger partial charge on any atom is -0.496 e. The van der Waals surface area contributed by atoms with Gasteiger partial charge in [0, 0.05) is 23.1 Å². The van der Waals surface area contributed by atoms with Crippen LogP contribution in [0.5, 0.6) is 5.75 Å². The Kier molecular flexibility index (Phi) is 3.57. The lowest BCUT2D eigenvalue weighted by molar-refractivity contribution is 0.410. The molecule has 1 heterocycles. The van der Waals surface area contributed by atoms with E-state index in [2.05, 4.69) is 18.0 Å². The molecular formula is C13H15NOS. The summed E-state index contributed by atoms with van der Waals surface area (Å²) in [5.41, 5.74) is 1.20. The lowest BCUT2D eigenvalue weighted by Gasteiger charge is -2.05. The number of aryl methyl sites for hydroxylation is 1. The second-order valence-electron chi connectivity index (χ2n) is 3.56. The van der Waals surface area contributed by atoms with Gasteiger partial charge in [-0.3, -0.25) is 0 Å². The molecule has 0 amide bonds. The van der Waals surface area contributed by atoms with E-state index in [1.807, 2.05) is 24.4 Å². The average Bonchev–Trinajstić information content (AvgIpc) is 2.77. The van der Waals surface area contributed by atoms with Crippen molar-refractivity contribution in [3.8, 4) is 5.75 Å². The highest BCUT2D eigenvalue weighted by Gasteiger charge is 2.06. The SMILES string of the molecule is CCc1cnc(Cc2ccccc2OC)s1. The minimum atomic E-state index is 0.856. The molecule has 0 atom stereocenters. The number of aromatic nitrogens is 1. The zero-order valence-electron chi connectivity index (χ0n) is 9.56. The highest BCUT2D eigenvalue weighted by molar-refractivity contribution is 7.11. The van der Waals surface area contributed by atoms with Crippen LogP contribution in [0, 0.1) is 0 Å². The molecule has 0 aliphatic rings. The minimum absolute atomic E-state index is 0.856. The summed E-state index contributed by atoms with van der Waals surface area (Å²) in [5, 5.41) is 1.15. The van der Waals surface area contributed by atoms with Crippen LogP contribution in [-0.2, 0) is 12.8 Å². The van der Waals surface area contributed by atoms with Crippen molar-refractivity contribution in [3.05, 3.63) is 45.9 Å². The molecule has 3 heteroatoms. The molecule has 16 heavy (non-hydrogen) atoms. The van der Waals surface area contributed by atoms with Gasteiger partial charge < -0.3 is 4.74 Å². The monoisotopic (exact) mass is 233 g/mol. The first-order chi connectivity index (χ1) is 7.83. The Bertz CT molecular complexity index is 464. The van der Waals surface area contributed by atoms with Crippen molar-refractivity contribution in [2.75, 3.05) is 7.11 Å². The van der Waals surface area contributed by atoms with Gasteiger partial charge in [0.1, 0.15) is 5.75 Å². The summed E-state index contributed by atoms with van der Waals surface area (Å²) < 4.78 is 5.33. The zero-order valence-corrected chi connectivity index (χ0v) is 10.4. The number of nitrogens with zero attached hydrogens (tertiary/aromatic N) is 1. The van der Waals surface area contributed by atoms with Crippen LogP contribution in [0.1, 0.15) is 22.4 Å². The number of methoxy groups -OCH3 is 1. The van der Waals surface area contributed by atoms with E-state index < -0.39 is 0 Å². The second-order valence-corrected chi connectivity index (χ2v) is 4.76. The molecule has 0 aliphatic heterocycles. The number of thiazole rings is 1. The summed E-state index contributed by atoms with van der Waals surface area (Å²) in [6.45, 7) is 2.15. The van der Waals surface area contributed by atoms with Crippen LogP contribution in [0.4, 0.5) is 0 Å². The quantitative estimate of drug-likeness (QED) is 0.808. The molecule has 2 rings (SSSR count). The highest BCUT2D eigenvalue weighted by atomic mass is 32.1. The van der Waals surface area contributed by atoms with Crippen molar-refractivity contribution >= 4 is 11.3 Å². The van der Waals surface area contributed by atoms with Gasteiger partial charge in [-0.25, -0.2) is 4.98 Å². The Labute approximate surface area is 99.9 Å². The highest BCUT2D eigenvalue weighted by Crippen LogP contribution is 2.23. The summed E-state index contributed by atoms with van der Waals surface area (Å²) in [6, 6.07) is 8.10. The van der Waals surface area contributed by atoms with Crippen LogP contribution in [-0.4, -0.2) is 12.1 Å². The largest absolute Gasteiger partial charge is 0.496 e. The molecule has 0 spiro atoms. The Morgan fingerprint density at radius 2 is 2.12 bits per heavy atom. The van der Waals surface area contributed by atoms with Crippen LogP contribution in [0.3, 0.4) is 0 Å². The number of benzene rings is 1. The molecule has 0 saturated heterocycles. The summed E-state index contributed by atoms with van der Waals surface area (Å²) in [7, 11) is 1.71. The van der Waals surface area contributed by atoms with E-state index in [1.165, 1.54) is 10.4 Å². The van der Waals surface area contributed by atoms with E-state index in [-0.39, 0.29) is 0 Å². The number of hydrogen-bond acceptors (Lipinski definition) is 3. The van der Waals surface area contributed by atoms with Gasteiger partial charge >= 0.3 is 0 Å². The lowest BCUT2D eigenvalue weighted by Crippen LogP contribution is -1.92. The first kappa shape index (κ1) is 11.1. The fourth-order valence-electron chi connectivity index (χ4n) is 1.61. The molecule has 0 fully saturated rings. The predicted molar refractivity (Wildman–Crippen MR) is 67.3 cm³/mol. The lowest BCUT2D eigenvalue weighted by atomic mass is 10.1. The molecular weight excluding hydrogens is 218 g/mol. The van der Waals surface area contributed by atoms with Crippen molar-refractivity contribution in [3.63, 3.8) is 0 Å². The van der Waals surface area contributed by atoms with Crippen LogP contribution in [0.25, 0.3) is 0 Å². The Morgan fingerprint density at radius 3 is 2.81 bits per heavy atom. The fourth-order valence-corrected chi connectivity index (χ4v) is 2.49. The van der Waals surface area contributed by atoms with Gasteiger partial charge in [-0.05, 0) is 12.5 Å². The van der Waals surface area contributed by atoms with Gasteiger partial charge in [0.2, 0.25) is 0 Å². The van der Waals surface area contributed by atoms with Crippen molar-refractivity contribution in [1.29, 1.82) is 0 Å². The smallest absolute Gasteiger partial charge is 0.122 e. The third-order valence-electron chi connectivity index (χ3n) is 2.48. The van der Waals surface area contributed by atoms with E-state index in [0.717, 1.165) is 23.6 Å². The molecule has 0 aliphatic carbocycles. The molecule has 1 aromatic heterocycles. The zero-order chi connectivity index (χ0) is 11.4. The van der Waals surface area contributed by atoms with Crippen LogP contribution >= 0.6 is 11.3 Å². The van der Waals surface area contributed by atoms with Crippen LogP contribution in [0.2, 0.25) is 0 Å². The normalized spacial score (nSPS) is 10.4. The van der Waals surface area contributed by atoms with Gasteiger partial charge in [-0.1, -0.05) is 25.1 Å². The second kappa shape index (κ2) is 5.12. The van der Waals surface area contributed by atoms with Crippen molar-refractivity contribution in [2.45, 2.75) is 19.8 Å². The third-order valence-corrected chi connectivity index (χ3v) is 3.63. The van der Waals surface area contributed by atoms with Gasteiger partial charge in [0.25, 0.3) is 0 Å². The molecule has 0 radical (unpaired) electrons. The number of rotatable bonds is 4. The predicted octanol–water partition coefficient (Wildman–Crippen LogP) is 3.30. The van der Waals surface area contributed by atoms with E-state index in [9.17, 15) is 0 Å². The maximum atomic E-state index is 5.33. The van der Waals surface area contributed by atoms with E-state index in [0.29, 0.717) is 0 Å². The third kappa shape index (κ3) is 2.42. The first-order valence-electron chi connectivity index (χ1n) is 5.39. The van der Waals surface area contributed by atoms with Gasteiger partial charge in [-0.15, -0.1) is 11.3 Å². The van der Waals surface area contributed by atoms with Gasteiger partial charge in [-0.2, -0.15) is 0 Å². The maximum Gasteiger partial charge on any atom is 0.122 e. The molecule has 2 nitrogen and oxygen atoms in total. The topological polar surface area (TPSA) is 22.1 Å². The number of para-hydroxylation sites is 1. The number of hydrogen-bond donors (Lipinski definition) is 0. The standard InChI is InChI=1S/C13H15NOS/c1-3-11-9-14-13(16-11)8-10-6-4-5-7-12(10)15-2/h4-7,9H,3,8H2,1-2H3. The van der Waals surface area contributed by atoms with Gasteiger partial charge in [0.15, 0.2) is 0 Å². The average molecular weight is 233 g/mol. The fraction of sp³-hybridized carbons (Fsp3) is 0.308. The van der Waals surface area contributed by atoms with Crippen molar-refractivity contribution in [1.82, 2.24) is 4.98 Å². The van der Waals surface area contributed by atoms with Gasteiger partial charge in [0.05, 0.1) is 12.1 Å². The maximum absolute atomic E-state index is 5.33. The van der Waals surface area contributed by atoms with E-state index >= 15 is 0 Å². The first-order valence-corrected chi connectivity index (χ1v) is 6.20. The van der Waals surface area contributed by atoms with Crippen LogP contribution < -0.4 is 4.74 Å². The summed E-state index contributed by atoms with van der Waals surface area (Å²) in [5.74, 6) is 0.941. The molecule has 0 saturated carbocycles. The Balaban J connectivity index is 2.19. The molecule has 0 unspecified atom stereocenters. The Hall–Kier alpha value is -1.35. The summed E-state index contributed by atoms with van der Waals surface area (Å²) in [6.07, 6.45) is 3.88. The molecule has 0 bridgehead atoms. The molecule has 0 N–H and O–H groups in total. The molecule has 1 aromatic carbocycles. The molecule has 84 valence electrons. The van der Waals surface area contributed by atoms with Crippen molar-refractivity contribution in [2.24, 2.45) is 0 Å². The summed E-state index contributed by atoms with van der Waals surface area (Å²) >= 11 is 1.78. The van der Waals surface area contributed by atoms with E-state index in [1.54, 1.807) is 18.4 Å². The van der Waals surface area contributed by atoms with Crippen LogP contribution in [0.15, 0.2) is 30.5 Å².